The van der Waals surface area contributed by atoms with Crippen LogP contribution in [-0.2, 0) is 4.79 Å². The highest BCUT2D eigenvalue weighted by molar-refractivity contribution is 5.71. The molecule has 0 bridgehead atoms. The molecule has 0 aromatic carbocycles. The maximum absolute atomic E-state index is 10.4. The van der Waals surface area contributed by atoms with Gasteiger partial charge in [-0.3, -0.25) is 4.79 Å². The Morgan fingerprint density at radius 1 is 1.80 bits per heavy atom. The third kappa shape index (κ3) is 1.38. The van der Waals surface area contributed by atoms with E-state index in [-0.39, 0.29) is 5.92 Å². The van der Waals surface area contributed by atoms with Gasteiger partial charge in [0, 0.05) is 0 Å². The molecule has 1 saturated carbocycles. The van der Waals surface area contributed by atoms with E-state index in [1.54, 1.807) is 0 Å². The van der Waals surface area contributed by atoms with Crippen LogP contribution in [0.25, 0.3) is 0 Å². The monoisotopic (exact) mass is 140 g/mol. The second kappa shape index (κ2) is 2.86. The Balaban J connectivity index is 2.51. The van der Waals surface area contributed by atoms with Crippen LogP contribution in [-0.4, -0.2) is 11.1 Å². The Morgan fingerprint density at radius 3 is 2.80 bits per heavy atom. The molecule has 56 valence electrons. The molecule has 0 amide bonds. The molecule has 1 aliphatic rings. The van der Waals surface area contributed by atoms with Gasteiger partial charge in [0.15, 0.2) is 0 Å². The van der Waals surface area contributed by atoms with Gasteiger partial charge in [-0.25, -0.2) is 0 Å². The summed E-state index contributed by atoms with van der Waals surface area (Å²) >= 11 is 0. The van der Waals surface area contributed by atoms with Crippen LogP contribution in [0.4, 0.5) is 0 Å². The summed E-state index contributed by atoms with van der Waals surface area (Å²) in [6, 6.07) is 0. The molecule has 2 heteroatoms. The van der Waals surface area contributed by atoms with E-state index in [0.29, 0.717) is 0 Å². The van der Waals surface area contributed by atoms with Crippen molar-refractivity contribution in [3.8, 4) is 0 Å². The van der Waals surface area contributed by atoms with E-state index in [0.717, 1.165) is 19.3 Å². The van der Waals surface area contributed by atoms with Crippen LogP contribution >= 0.6 is 0 Å². The zero-order chi connectivity index (χ0) is 7.56. The minimum absolute atomic E-state index is 0.105. The van der Waals surface area contributed by atoms with Gasteiger partial charge in [-0.15, -0.1) is 0 Å². The molecule has 0 aromatic heterocycles. The van der Waals surface area contributed by atoms with Crippen LogP contribution in [0.1, 0.15) is 26.2 Å². The Kier molecular flexibility index (Phi) is 2.10. The van der Waals surface area contributed by atoms with E-state index < -0.39 is 5.97 Å². The summed E-state index contributed by atoms with van der Waals surface area (Å²) in [6.07, 6.45) is 4.61. The first-order chi connectivity index (χ1) is 4.74. The van der Waals surface area contributed by atoms with Crippen molar-refractivity contribution in [2.75, 3.05) is 0 Å². The lowest BCUT2D eigenvalue weighted by Crippen LogP contribution is -2.08. The number of hydrogen-bond donors (Lipinski definition) is 1. The van der Waals surface area contributed by atoms with Gasteiger partial charge < -0.3 is 5.11 Å². The fourth-order valence-corrected chi connectivity index (χ4v) is 1.35. The summed E-state index contributed by atoms with van der Waals surface area (Å²) in [6.45, 7) is 1.97. The molecule has 0 saturated heterocycles. The molecule has 0 radical (unpaired) electrons. The van der Waals surface area contributed by atoms with Crippen molar-refractivity contribution in [1.29, 1.82) is 0 Å². The zero-order valence-corrected chi connectivity index (χ0v) is 6.13. The molecule has 0 heterocycles. The molecular weight excluding hydrogens is 128 g/mol. The van der Waals surface area contributed by atoms with Crippen LogP contribution in [0.5, 0.6) is 0 Å². The number of aliphatic carboxylic acids is 1. The summed E-state index contributed by atoms with van der Waals surface area (Å²) in [5, 5.41) is 8.60. The molecule has 0 unspecified atom stereocenters. The highest BCUT2D eigenvalue weighted by atomic mass is 16.4. The van der Waals surface area contributed by atoms with Crippen LogP contribution in [0, 0.1) is 5.92 Å². The molecule has 10 heavy (non-hydrogen) atoms. The van der Waals surface area contributed by atoms with Gasteiger partial charge in [-0.1, -0.05) is 11.6 Å². The Labute approximate surface area is 60.6 Å². The Bertz CT molecular complexity index is 170. The first-order valence-electron chi connectivity index (χ1n) is 3.61. The lowest BCUT2D eigenvalue weighted by molar-refractivity contribution is -0.141. The van der Waals surface area contributed by atoms with E-state index in [1.807, 2.05) is 13.0 Å². The van der Waals surface area contributed by atoms with Crippen LogP contribution in [0.15, 0.2) is 11.6 Å². The molecule has 0 spiro atoms. The second-order valence-electron chi connectivity index (χ2n) is 2.72. The van der Waals surface area contributed by atoms with Gasteiger partial charge in [0.05, 0.1) is 5.92 Å². The molecule has 0 aromatic rings. The third-order valence-electron chi connectivity index (χ3n) is 2.08. The van der Waals surface area contributed by atoms with E-state index in [2.05, 4.69) is 0 Å². The number of carboxylic acid groups (broad SMARTS) is 1. The van der Waals surface area contributed by atoms with E-state index in [1.165, 1.54) is 5.57 Å². The highest BCUT2D eigenvalue weighted by Crippen LogP contribution is 2.29. The number of rotatable bonds is 1. The fraction of sp³-hybridized carbons (Fsp3) is 0.625. The van der Waals surface area contributed by atoms with Crippen molar-refractivity contribution >= 4 is 5.97 Å². The van der Waals surface area contributed by atoms with Crippen molar-refractivity contribution in [2.45, 2.75) is 26.2 Å². The zero-order valence-electron chi connectivity index (χ0n) is 6.13. The number of hydrogen-bond acceptors (Lipinski definition) is 1. The average molecular weight is 140 g/mol. The first kappa shape index (κ1) is 7.32. The lowest BCUT2D eigenvalue weighted by Gasteiger charge is -1.98. The van der Waals surface area contributed by atoms with Gasteiger partial charge in [0.25, 0.3) is 0 Å². The van der Waals surface area contributed by atoms with E-state index in [9.17, 15) is 4.79 Å². The summed E-state index contributed by atoms with van der Waals surface area (Å²) in [5.41, 5.74) is 1.30. The third-order valence-corrected chi connectivity index (χ3v) is 2.08. The number of carbonyl (C=O) groups is 1. The fourth-order valence-electron chi connectivity index (χ4n) is 1.35. The molecule has 1 atom stereocenters. The molecule has 1 N–H and O–H groups in total. The van der Waals surface area contributed by atoms with Crippen molar-refractivity contribution in [3.63, 3.8) is 0 Å². The summed E-state index contributed by atoms with van der Waals surface area (Å²) in [5.74, 6) is -0.747. The van der Waals surface area contributed by atoms with E-state index in [4.69, 9.17) is 5.11 Å². The predicted octanol–water partition coefficient (Wildman–Crippen LogP) is 1.82. The van der Waals surface area contributed by atoms with Crippen LogP contribution in [0.2, 0.25) is 0 Å². The molecule has 2 nitrogen and oxygen atoms in total. The first-order valence-corrected chi connectivity index (χ1v) is 3.61. The summed E-state index contributed by atoms with van der Waals surface area (Å²) in [4.78, 5) is 10.4. The minimum atomic E-state index is -0.642. The Morgan fingerprint density at radius 2 is 2.50 bits per heavy atom. The van der Waals surface area contributed by atoms with Gasteiger partial charge in [0.1, 0.15) is 0 Å². The quantitative estimate of drug-likeness (QED) is 0.564. The SMILES string of the molecule is CC=C1CC[C@H](C(=O)O)C1. The predicted molar refractivity (Wildman–Crippen MR) is 38.7 cm³/mol. The standard InChI is InChI=1S/C8H12O2/c1-2-6-3-4-7(5-6)8(9)10/h2,7H,3-5H2,1H3,(H,9,10)/t7-/m0/s1. The maximum Gasteiger partial charge on any atom is 0.306 e. The highest BCUT2D eigenvalue weighted by Gasteiger charge is 2.24. The average Bonchev–Trinajstić information content (AvgIpc) is 2.34. The number of allylic oxidation sites excluding steroid dienone is 2. The second-order valence-corrected chi connectivity index (χ2v) is 2.72. The topological polar surface area (TPSA) is 37.3 Å². The Hall–Kier alpha value is -0.790. The summed E-state index contributed by atoms with van der Waals surface area (Å²) < 4.78 is 0. The largest absolute Gasteiger partial charge is 0.481 e. The summed E-state index contributed by atoms with van der Waals surface area (Å²) in [7, 11) is 0. The van der Waals surface area contributed by atoms with Crippen molar-refractivity contribution in [1.82, 2.24) is 0 Å². The molecular formula is C8H12O2. The van der Waals surface area contributed by atoms with Gasteiger partial charge in [-0.05, 0) is 26.2 Å². The normalized spacial score (nSPS) is 29.3. The smallest absolute Gasteiger partial charge is 0.306 e. The van der Waals surface area contributed by atoms with Crippen LogP contribution in [0.3, 0.4) is 0 Å². The maximum atomic E-state index is 10.4. The molecule has 1 aliphatic carbocycles. The van der Waals surface area contributed by atoms with E-state index >= 15 is 0 Å². The van der Waals surface area contributed by atoms with Gasteiger partial charge >= 0.3 is 5.97 Å². The molecule has 0 aliphatic heterocycles. The van der Waals surface area contributed by atoms with Crippen molar-refractivity contribution in [2.24, 2.45) is 5.92 Å². The molecule has 1 fully saturated rings. The number of carboxylic acids is 1. The minimum Gasteiger partial charge on any atom is -0.481 e. The lowest BCUT2D eigenvalue weighted by atomic mass is 10.1. The van der Waals surface area contributed by atoms with Crippen molar-refractivity contribution < 1.29 is 9.90 Å². The van der Waals surface area contributed by atoms with Gasteiger partial charge in [-0.2, -0.15) is 0 Å². The van der Waals surface area contributed by atoms with Gasteiger partial charge in [0.2, 0.25) is 0 Å². The van der Waals surface area contributed by atoms with Crippen LogP contribution < -0.4 is 0 Å². The molecule has 1 rings (SSSR count). The van der Waals surface area contributed by atoms with Crippen molar-refractivity contribution in [3.05, 3.63) is 11.6 Å².